The summed E-state index contributed by atoms with van der Waals surface area (Å²) in [7, 11) is 0. The molecule has 1 fully saturated rings. The lowest BCUT2D eigenvalue weighted by Crippen LogP contribution is -2.30. The molecule has 1 saturated heterocycles. The van der Waals surface area contributed by atoms with Crippen LogP contribution in [0.25, 0.3) is 11.8 Å². The highest BCUT2D eigenvalue weighted by Crippen LogP contribution is 2.31. The van der Waals surface area contributed by atoms with Crippen LogP contribution in [0.2, 0.25) is 5.02 Å². The molecular formula is C21H13ClF3N3O2. The molecule has 1 aliphatic rings. The Morgan fingerprint density at radius 3 is 2.37 bits per heavy atom. The lowest BCUT2D eigenvalue weighted by molar-refractivity contribution is -0.137. The molecule has 0 saturated carbocycles. The fourth-order valence-corrected chi connectivity index (χ4v) is 3.21. The number of anilines is 1. The molecule has 0 bridgehead atoms. The average Bonchev–Trinajstić information content (AvgIpc) is 3.27. The summed E-state index contributed by atoms with van der Waals surface area (Å²) in [6.07, 6.45) is -1.49. The van der Waals surface area contributed by atoms with Crippen LogP contribution in [0.1, 0.15) is 11.3 Å². The van der Waals surface area contributed by atoms with Crippen molar-refractivity contribution < 1.29 is 22.8 Å². The minimum absolute atomic E-state index is 0.00174. The van der Waals surface area contributed by atoms with Crippen molar-refractivity contribution >= 4 is 35.3 Å². The number of benzene rings is 2. The molecule has 5 nitrogen and oxygen atoms in total. The van der Waals surface area contributed by atoms with Crippen molar-refractivity contribution in [1.29, 1.82) is 0 Å². The first-order valence-corrected chi connectivity index (χ1v) is 9.09. The maximum Gasteiger partial charge on any atom is 0.416 e. The molecule has 9 heteroatoms. The van der Waals surface area contributed by atoms with Gasteiger partial charge in [-0.25, -0.2) is 9.69 Å². The largest absolute Gasteiger partial charge is 0.416 e. The predicted molar refractivity (Wildman–Crippen MR) is 106 cm³/mol. The monoisotopic (exact) mass is 431 g/mol. The zero-order chi connectivity index (χ0) is 21.5. The fraction of sp³-hybridized carbons (Fsp3) is 0.0476. The van der Waals surface area contributed by atoms with Crippen LogP contribution in [0.5, 0.6) is 0 Å². The maximum absolute atomic E-state index is 13.0. The van der Waals surface area contributed by atoms with E-state index in [1.165, 1.54) is 34.9 Å². The number of urea groups is 1. The van der Waals surface area contributed by atoms with Crippen LogP contribution in [0.15, 0.2) is 72.6 Å². The number of nitrogens with zero attached hydrogens (tertiary/aromatic N) is 2. The van der Waals surface area contributed by atoms with Crippen LogP contribution in [0.4, 0.5) is 23.7 Å². The molecular weight excluding hydrogens is 419 g/mol. The minimum atomic E-state index is -4.48. The molecule has 3 amide bonds. The molecule has 0 atom stereocenters. The Morgan fingerprint density at radius 1 is 0.933 bits per heavy atom. The van der Waals surface area contributed by atoms with Crippen LogP contribution in [0, 0.1) is 0 Å². The number of carbonyl (C=O) groups is 2. The number of carbonyl (C=O) groups excluding carboxylic acids is 2. The van der Waals surface area contributed by atoms with Gasteiger partial charge in [0.05, 0.1) is 11.3 Å². The highest BCUT2D eigenvalue weighted by atomic mass is 35.5. The Labute approximate surface area is 174 Å². The Morgan fingerprint density at radius 2 is 1.67 bits per heavy atom. The molecule has 1 N–H and O–H groups in total. The number of alkyl halides is 3. The lowest BCUT2D eigenvalue weighted by atomic mass is 10.2. The smallest absolute Gasteiger partial charge is 0.317 e. The Bertz CT molecular complexity index is 1170. The van der Waals surface area contributed by atoms with Gasteiger partial charge < -0.3 is 9.88 Å². The van der Waals surface area contributed by atoms with Crippen LogP contribution in [-0.4, -0.2) is 16.5 Å². The van der Waals surface area contributed by atoms with Crippen molar-refractivity contribution in [2.45, 2.75) is 6.18 Å². The topological polar surface area (TPSA) is 54.3 Å². The van der Waals surface area contributed by atoms with E-state index in [4.69, 9.17) is 11.6 Å². The zero-order valence-electron chi connectivity index (χ0n) is 15.2. The maximum atomic E-state index is 13.0. The molecule has 152 valence electrons. The quantitative estimate of drug-likeness (QED) is 0.455. The third-order valence-corrected chi connectivity index (χ3v) is 4.74. The number of hydrogen-bond donors (Lipinski definition) is 1. The molecule has 0 spiro atoms. The third-order valence-electron chi connectivity index (χ3n) is 4.49. The Balaban J connectivity index is 1.68. The molecule has 2 heterocycles. The molecule has 1 aromatic heterocycles. The van der Waals surface area contributed by atoms with E-state index in [0.717, 1.165) is 17.0 Å². The first-order chi connectivity index (χ1) is 14.2. The van der Waals surface area contributed by atoms with Crippen molar-refractivity contribution in [2.24, 2.45) is 0 Å². The fourth-order valence-electron chi connectivity index (χ4n) is 3.09. The second-order valence-electron chi connectivity index (χ2n) is 6.46. The second kappa shape index (κ2) is 7.38. The standard InChI is InChI=1S/C21H13ClF3N3O2/c22-14-6-8-15(9-7-14)28-19(29)18(26-20(28)30)12-17-5-2-10-27(17)16-4-1-3-13(11-16)21(23,24)25/h1-12H,(H,26,30)/b18-12+. The van der Waals surface area contributed by atoms with E-state index in [2.05, 4.69) is 5.32 Å². The predicted octanol–water partition coefficient (Wildman–Crippen LogP) is 5.25. The molecule has 3 aromatic rings. The van der Waals surface area contributed by atoms with Gasteiger partial charge in [0, 0.05) is 22.6 Å². The molecule has 0 unspecified atom stereocenters. The van der Waals surface area contributed by atoms with Gasteiger partial charge in [0.25, 0.3) is 5.91 Å². The summed E-state index contributed by atoms with van der Waals surface area (Å²) < 4.78 is 40.6. The molecule has 0 radical (unpaired) electrons. The summed E-state index contributed by atoms with van der Waals surface area (Å²) in [4.78, 5) is 26.0. The van der Waals surface area contributed by atoms with Gasteiger partial charge in [0.15, 0.2) is 0 Å². The van der Waals surface area contributed by atoms with E-state index in [-0.39, 0.29) is 11.4 Å². The minimum Gasteiger partial charge on any atom is -0.317 e. The van der Waals surface area contributed by atoms with Crippen LogP contribution in [0.3, 0.4) is 0 Å². The number of amides is 3. The van der Waals surface area contributed by atoms with Gasteiger partial charge in [-0.05, 0) is 60.7 Å². The average molecular weight is 432 g/mol. The zero-order valence-corrected chi connectivity index (χ0v) is 15.9. The van der Waals surface area contributed by atoms with Gasteiger partial charge in [0.1, 0.15) is 5.70 Å². The van der Waals surface area contributed by atoms with Gasteiger partial charge in [-0.15, -0.1) is 0 Å². The lowest BCUT2D eigenvalue weighted by Gasteiger charge is -2.12. The van der Waals surface area contributed by atoms with Crippen molar-refractivity contribution in [2.75, 3.05) is 4.90 Å². The summed E-state index contributed by atoms with van der Waals surface area (Å²) in [6.45, 7) is 0. The first kappa shape index (κ1) is 19.8. The Kier molecular flexibility index (Phi) is 4.87. The molecule has 1 aliphatic heterocycles. The van der Waals surface area contributed by atoms with Crippen LogP contribution >= 0.6 is 11.6 Å². The number of aromatic nitrogens is 1. The van der Waals surface area contributed by atoms with Crippen molar-refractivity contribution in [3.05, 3.63) is 88.8 Å². The van der Waals surface area contributed by atoms with Crippen molar-refractivity contribution in [1.82, 2.24) is 9.88 Å². The normalized spacial score (nSPS) is 15.7. The van der Waals surface area contributed by atoms with Gasteiger partial charge in [0.2, 0.25) is 0 Å². The molecule has 2 aromatic carbocycles. The summed E-state index contributed by atoms with van der Waals surface area (Å²) in [5.74, 6) is -0.584. The number of imide groups is 1. The highest BCUT2D eigenvalue weighted by molar-refractivity contribution is 6.31. The molecule has 4 rings (SSSR count). The molecule has 0 aliphatic carbocycles. The van der Waals surface area contributed by atoms with E-state index in [1.54, 1.807) is 30.5 Å². The van der Waals surface area contributed by atoms with Gasteiger partial charge in [-0.1, -0.05) is 17.7 Å². The summed E-state index contributed by atoms with van der Waals surface area (Å²) in [5.41, 5.74) is 0.260. The second-order valence-corrected chi connectivity index (χ2v) is 6.89. The van der Waals surface area contributed by atoms with Crippen molar-refractivity contribution in [3.8, 4) is 5.69 Å². The van der Waals surface area contributed by atoms with E-state index in [0.29, 0.717) is 16.4 Å². The van der Waals surface area contributed by atoms with E-state index in [9.17, 15) is 22.8 Å². The van der Waals surface area contributed by atoms with Gasteiger partial charge >= 0.3 is 12.2 Å². The first-order valence-electron chi connectivity index (χ1n) is 8.72. The van der Waals surface area contributed by atoms with Crippen LogP contribution < -0.4 is 10.2 Å². The summed E-state index contributed by atoms with van der Waals surface area (Å²) >= 11 is 5.84. The summed E-state index contributed by atoms with van der Waals surface area (Å²) in [6, 6.07) is 13.6. The number of nitrogens with one attached hydrogen (secondary N) is 1. The number of rotatable bonds is 3. The van der Waals surface area contributed by atoms with Gasteiger partial charge in [-0.3, -0.25) is 4.79 Å². The van der Waals surface area contributed by atoms with E-state index >= 15 is 0 Å². The van der Waals surface area contributed by atoms with Crippen LogP contribution in [-0.2, 0) is 11.0 Å². The molecule has 30 heavy (non-hydrogen) atoms. The van der Waals surface area contributed by atoms with Crippen molar-refractivity contribution in [3.63, 3.8) is 0 Å². The summed E-state index contributed by atoms with van der Waals surface area (Å²) in [5, 5.41) is 2.95. The SMILES string of the molecule is O=C1N/C(=C/c2cccn2-c2cccc(C(F)(F)F)c2)C(=O)N1c1ccc(Cl)cc1. The third kappa shape index (κ3) is 3.69. The van der Waals surface area contributed by atoms with E-state index < -0.39 is 23.7 Å². The Hall–Kier alpha value is -3.52. The number of hydrogen-bond acceptors (Lipinski definition) is 2. The number of halogens is 4. The van der Waals surface area contributed by atoms with Gasteiger partial charge in [-0.2, -0.15) is 13.2 Å². The highest BCUT2D eigenvalue weighted by Gasteiger charge is 2.35. The van der Waals surface area contributed by atoms with E-state index in [1.807, 2.05) is 0 Å².